The van der Waals surface area contributed by atoms with Gasteiger partial charge in [0.25, 0.3) is 0 Å². The Morgan fingerprint density at radius 1 is 0.461 bits per heavy atom. The zero-order valence-electron chi connectivity index (χ0n) is 46.6. The van der Waals surface area contributed by atoms with Gasteiger partial charge < -0.3 is 90.6 Å². The quantitative estimate of drug-likeness (QED) is 0.0356. The molecule has 16 nitrogen and oxygen atoms in total. The molecule has 0 spiro atoms. The number of rotatable bonds is 28. The standard InChI is InChI=1S/C58H80N2O14.2ClH/c1-59(25-21-41-35-47(63-3)49(65-5)37-43(41)45(59)29-39-31-51(67-7)57(71-11)52(32-39)68-8)23-17-27-73-55(61)19-15-13-14-16-20-56(62)74-28-18-24-60(2)26-22-42-36-48(64-4)50(66-6)38-44(42)46(60)30-40-33-53(69-9)58(72-12)54(34-40)70-10;;/h13-14,31-38,45-46H,15-30H2,1-12H3;2*1H/q+2;;/p-2/t45-,46-,59-,60-;;/m1../s1. The maximum atomic E-state index is 12.9. The van der Waals surface area contributed by atoms with Gasteiger partial charge in [-0.15, -0.1) is 0 Å². The first-order valence-electron chi connectivity index (χ1n) is 25.5. The molecular weight excluding hydrogens is 1020 g/mol. The number of ether oxygens (including phenoxy) is 12. The lowest BCUT2D eigenvalue weighted by atomic mass is 9.86. The van der Waals surface area contributed by atoms with Crippen LogP contribution in [0.3, 0.4) is 0 Å². The lowest BCUT2D eigenvalue weighted by Crippen LogP contribution is -3.00. The van der Waals surface area contributed by atoms with Gasteiger partial charge >= 0.3 is 11.9 Å². The highest BCUT2D eigenvalue weighted by molar-refractivity contribution is 5.70. The average molecular weight is 1100 g/mol. The molecule has 18 heteroatoms. The SMILES string of the molecule is COc1cc2c(cc1OC)[C@@H](Cc1cc(OC)c(OC)c(OC)c1)[N@+](C)(CCCOC(=O)CCC=CCCC(=O)OCCC[N@+]1(C)CCc3cc(OC)c(OC)cc3[C@H]1Cc1cc(OC)c(OC)c(OC)c1)CC2.[Cl-].[Cl-]. The van der Waals surface area contributed by atoms with Gasteiger partial charge in [0.1, 0.15) is 12.1 Å². The summed E-state index contributed by atoms with van der Waals surface area (Å²) in [7, 11) is 20.9. The molecule has 4 aromatic carbocycles. The van der Waals surface area contributed by atoms with E-state index in [-0.39, 0.29) is 61.7 Å². The normalized spacial score (nSPS) is 18.4. The Kier molecular flexibility index (Phi) is 24.3. The number of carbonyl (C=O) groups excluding carboxylic acids is 2. The molecule has 4 atom stereocenters. The highest BCUT2D eigenvalue weighted by atomic mass is 35.5. The van der Waals surface area contributed by atoms with E-state index in [0.717, 1.165) is 59.1 Å². The third-order valence-electron chi connectivity index (χ3n) is 15.0. The number of hydrogen-bond donors (Lipinski definition) is 0. The van der Waals surface area contributed by atoms with E-state index >= 15 is 0 Å². The molecular formula is C58H80Cl2N2O14. The molecule has 0 aromatic heterocycles. The van der Waals surface area contributed by atoms with E-state index in [1.165, 1.54) is 22.3 Å². The summed E-state index contributed by atoms with van der Waals surface area (Å²) in [6, 6.07) is 16.5. The van der Waals surface area contributed by atoms with Crippen LogP contribution in [-0.2, 0) is 44.7 Å². The number of allylic oxidation sites excluding steroid dienone is 2. The zero-order valence-corrected chi connectivity index (χ0v) is 48.1. The summed E-state index contributed by atoms with van der Waals surface area (Å²) in [6.07, 6.45) is 9.94. The molecule has 76 heavy (non-hydrogen) atoms. The molecule has 0 unspecified atom stereocenters. The molecule has 0 amide bonds. The van der Waals surface area contributed by atoms with Crippen LogP contribution in [-0.4, -0.2) is 145 Å². The molecule has 0 bridgehead atoms. The molecule has 6 rings (SSSR count). The van der Waals surface area contributed by atoms with Crippen LogP contribution < -0.4 is 72.2 Å². The minimum Gasteiger partial charge on any atom is -1.00 e. The maximum absolute atomic E-state index is 12.9. The first-order valence-corrected chi connectivity index (χ1v) is 25.5. The summed E-state index contributed by atoms with van der Waals surface area (Å²) in [4.78, 5) is 25.7. The van der Waals surface area contributed by atoms with E-state index < -0.39 is 0 Å². The van der Waals surface area contributed by atoms with Crippen molar-refractivity contribution >= 4 is 11.9 Å². The molecule has 4 aromatic rings. The van der Waals surface area contributed by atoms with Crippen LogP contribution >= 0.6 is 0 Å². The van der Waals surface area contributed by atoms with Gasteiger partial charge in [0.2, 0.25) is 11.5 Å². The van der Waals surface area contributed by atoms with E-state index in [1.54, 1.807) is 71.1 Å². The van der Waals surface area contributed by atoms with Crippen LogP contribution in [0, 0.1) is 0 Å². The Labute approximate surface area is 462 Å². The summed E-state index contributed by atoms with van der Waals surface area (Å²) in [6.45, 7) is 4.02. The average Bonchev–Trinajstić information content (AvgIpc) is 3.42. The number of fused-ring (bicyclic) bond motifs is 2. The second-order valence-electron chi connectivity index (χ2n) is 19.4. The predicted octanol–water partition coefficient (Wildman–Crippen LogP) is 3.04. The minimum absolute atomic E-state index is 0. The fourth-order valence-electron chi connectivity index (χ4n) is 10.8. The van der Waals surface area contributed by atoms with Crippen LogP contribution in [0.15, 0.2) is 60.7 Å². The molecule has 420 valence electrons. The third-order valence-corrected chi connectivity index (χ3v) is 15.0. The van der Waals surface area contributed by atoms with Gasteiger partial charge in [0, 0.05) is 62.5 Å². The van der Waals surface area contributed by atoms with Crippen molar-refractivity contribution in [2.75, 3.05) is 125 Å². The van der Waals surface area contributed by atoms with Crippen molar-refractivity contribution < 1.29 is 100 Å². The van der Waals surface area contributed by atoms with Crippen molar-refractivity contribution in [1.29, 1.82) is 0 Å². The Balaban J connectivity index is 0.00000624. The molecule has 2 heterocycles. The monoisotopic (exact) mass is 1100 g/mol. The van der Waals surface area contributed by atoms with E-state index in [0.29, 0.717) is 109 Å². The molecule has 0 saturated carbocycles. The fraction of sp³-hybridized carbons (Fsp3) is 0.517. The first-order chi connectivity index (χ1) is 35.7. The van der Waals surface area contributed by atoms with E-state index in [9.17, 15) is 9.59 Å². The molecule has 2 aliphatic heterocycles. The predicted molar refractivity (Wildman–Crippen MR) is 282 cm³/mol. The van der Waals surface area contributed by atoms with Gasteiger partial charge in [-0.3, -0.25) is 9.59 Å². The molecule has 0 radical (unpaired) electrons. The molecule has 0 N–H and O–H groups in total. The highest BCUT2D eigenvalue weighted by Crippen LogP contribution is 2.47. The summed E-state index contributed by atoms with van der Waals surface area (Å²) in [5.74, 6) is 5.81. The Bertz CT molecular complexity index is 2350. The van der Waals surface area contributed by atoms with Gasteiger partial charge in [-0.05, 0) is 83.6 Å². The van der Waals surface area contributed by atoms with Crippen molar-refractivity contribution in [3.8, 4) is 57.5 Å². The third kappa shape index (κ3) is 15.0. The van der Waals surface area contributed by atoms with Crippen molar-refractivity contribution in [1.82, 2.24) is 0 Å². The van der Waals surface area contributed by atoms with E-state index in [2.05, 4.69) is 38.4 Å². The molecule has 0 fully saturated rings. The van der Waals surface area contributed by atoms with Crippen LogP contribution in [0.2, 0.25) is 0 Å². The topological polar surface area (TPSA) is 145 Å². The van der Waals surface area contributed by atoms with Crippen LogP contribution in [0.25, 0.3) is 0 Å². The van der Waals surface area contributed by atoms with Crippen LogP contribution in [0.1, 0.15) is 84.0 Å². The van der Waals surface area contributed by atoms with Crippen molar-refractivity contribution in [3.63, 3.8) is 0 Å². The largest absolute Gasteiger partial charge is 1.00 e. The number of benzene rings is 4. The van der Waals surface area contributed by atoms with Crippen LogP contribution in [0.5, 0.6) is 57.5 Å². The fourth-order valence-corrected chi connectivity index (χ4v) is 10.8. The zero-order chi connectivity index (χ0) is 53.4. The number of nitrogens with zero attached hydrogens (tertiary/aromatic N) is 2. The van der Waals surface area contributed by atoms with Crippen molar-refractivity contribution in [2.45, 2.75) is 76.3 Å². The van der Waals surface area contributed by atoms with Gasteiger partial charge in [-0.1, -0.05) is 12.2 Å². The van der Waals surface area contributed by atoms with Gasteiger partial charge in [-0.25, -0.2) is 0 Å². The number of carbonyl (C=O) groups is 2. The van der Waals surface area contributed by atoms with Gasteiger partial charge in [0.15, 0.2) is 46.0 Å². The van der Waals surface area contributed by atoms with Crippen molar-refractivity contribution in [3.05, 3.63) is 94.1 Å². The molecule has 0 aliphatic carbocycles. The number of likely N-dealkylation sites (N-methyl/N-ethyl adjacent to an activating group) is 2. The highest BCUT2D eigenvalue weighted by Gasteiger charge is 2.42. The van der Waals surface area contributed by atoms with E-state index in [4.69, 9.17) is 56.8 Å². The van der Waals surface area contributed by atoms with E-state index in [1.807, 2.05) is 36.4 Å². The summed E-state index contributed by atoms with van der Waals surface area (Å²) in [5.41, 5.74) is 6.93. The minimum atomic E-state index is -0.246. The number of esters is 2. The first kappa shape index (κ1) is 62.6. The number of methoxy groups -OCH3 is 10. The Morgan fingerprint density at radius 3 is 1.08 bits per heavy atom. The van der Waals surface area contributed by atoms with Gasteiger partial charge in [0.05, 0.1) is 125 Å². The smallest absolute Gasteiger partial charge is 0.306 e. The second kappa shape index (κ2) is 29.5. The Morgan fingerprint density at radius 2 is 0.776 bits per heavy atom. The lowest BCUT2D eigenvalue weighted by molar-refractivity contribution is -0.941. The van der Waals surface area contributed by atoms with Gasteiger partial charge in [-0.2, -0.15) is 0 Å². The maximum Gasteiger partial charge on any atom is 0.306 e. The van der Waals surface area contributed by atoms with Crippen molar-refractivity contribution in [2.24, 2.45) is 0 Å². The number of quaternary nitrogens is 2. The second-order valence-corrected chi connectivity index (χ2v) is 19.4. The summed E-state index contributed by atoms with van der Waals surface area (Å²) < 4.78 is 69.8. The summed E-state index contributed by atoms with van der Waals surface area (Å²) in [5, 5.41) is 0. The number of hydrogen-bond acceptors (Lipinski definition) is 14. The Hall–Kier alpha value is -5.94. The van der Waals surface area contributed by atoms with Crippen LogP contribution in [0.4, 0.5) is 0 Å². The molecule has 2 aliphatic rings. The summed E-state index contributed by atoms with van der Waals surface area (Å²) >= 11 is 0. The number of halogens is 2. The lowest BCUT2D eigenvalue weighted by Gasteiger charge is -2.46. The molecule has 0 saturated heterocycles.